The molecule has 2 aromatic rings. The zero-order valence-corrected chi connectivity index (χ0v) is 14.8. The molecule has 0 aliphatic heterocycles. The van der Waals surface area contributed by atoms with Crippen LogP contribution in [0.25, 0.3) is 11.1 Å². The van der Waals surface area contributed by atoms with E-state index in [1.54, 1.807) is 6.07 Å². The molecule has 108 valence electrons. The molecule has 7 heteroatoms. The topological polar surface area (TPSA) is 72.8 Å². The number of rotatable bonds is 4. The van der Waals surface area contributed by atoms with E-state index in [0.29, 0.717) is 5.56 Å². The van der Waals surface area contributed by atoms with E-state index in [4.69, 9.17) is 9.47 Å². The third-order valence-corrected chi connectivity index (χ3v) is 3.75. The van der Waals surface area contributed by atoms with Gasteiger partial charge in [0, 0.05) is 5.56 Å². The van der Waals surface area contributed by atoms with E-state index in [2.05, 4.69) is 0 Å². The van der Waals surface area contributed by atoms with Crippen LogP contribution in [0.5, 0.6) is 11.5 Å². The van der Waals surface area contributed by atoms with Gasteiger partial charge in [0.1, 0.15) is 5.75 Å². The van der Waals surface area contributed by atoms with Crippen LogP contribution in [0, 0.1) is 0 Å². The Balaban J connectivity index is 0.00000220. The summed E-state index contributed by atoms with van der Waals surface area (Å²) in [4.78, 5) is -0.371. The average Bonchev–Trinajstić information content (AvgIpc) is 2.45. The monoisotopic (exact) mass is 318 g/mol. The van der Waals surface area contributed by atoms with Crippen molar-refractivity contribution >= 4 is 10.1 Å². The summed E-state index contributed by atoms with van der Waals surface area (Å²) < 4.78 is 42.7. The second-order valence-corrected chi connectivity index (χ2v) is 5.38. The van der Waals surface area contributed by atoms with Gasteiger partial charge in [0.2, 0.25) is 0 Å². The van der Waals surface area contributed by atoms with Crippen LogP contribution in [-0.4, -0.2) is 27.2 Å². The molecule has 0 aromatic heterocycles. The van der Waals surface area contributed by atoms with Gasteiger partial charge in [-0.2, -0.15) is 8.42 Å². The zero-order valence-electron chi connectivity index (χ0n) is 13.0. The SMILES string of the molecule is COc1ccc(-c2ccccc2)c(OC)c1S(=O)(=O)O.[H-].[Na+]. The third kappa shape index (κ3) is 3.78. The van der Waals surface area contributed by atoms with Crippen molar-refractivity contribution in [1.29, 1.82) is 0 Å². The van der Waals surface area contributed by atoms with Crippen molar-refractivity contribution in [3.8, 4) is 22.6 Å². The molecule has 0 aliphatic carbocycles. The molecule has 0 saturated carbocycles. The summed E-state index contributed by atoms with van der Waals surface area (Å²) in [6, 6.07) is 12.3. The maximum Gasteiger partial charge on any atom is 1.00 e. The normalized spacial score (nSPS) is 10.6. The Labute approximate surface area is 147 Å². The summed E-state index contributed by atoms with van der Waals surface area (Å²) in [5, 5.41) is 0. The van der Waals surface area contributed by atoms with Gasteiger partial charge < -0.3 is 10.9 Å². The molecule has 2 aromatic carbocycles. The van der Waals surface area contributed by atoms with Gasteiger partial charge >= 0.3 is 39.7 Å². The van der Waals surface area contributed by atoms with Crippen molar-refractivity contribution in [3.63, 3.8) is 0 Å². The number of benzene rings is 2. The van der Waals surface area contributed by atoms with E-state index in [-0.39, 0.29) is 47.4 Å². The fraction of sp³-hybridized carbons (Fsp3) is 0.143. The van der Waals surface area contributed by atoms with Crippen molar-refractivity contribution < 1.29 is 53.4 Å². The van der Waals surface area contributed by atoms with Gasteiger partial charge in [0.05, 0.1) is 14.2 Å². The van der Waals surface area contributed by atoms with Crippen LogP contribution in [0.4, 0.5) is 0 Å². The smallest absolute Gasteiger partial charge is 1.00 e. The Morgan fingerprint density at radius 3 is 2.10 bits per heavy atom. The van der Waals surface area contributed by atoms with Gasteiger partial charge in [-0.05, 0) is 17.7 Å². The summed E-state index contributed by atoms with van der Waals surface area (Å²) in [5.41, 5.74) is 1.33. The van der Waals surface area contributed by atoms with E-state index >= 15 is 0 Å². The second-order valence-electron chi connectivity index (χ2n) is 4.02. The molecular weight excluding hydrogens is 303 g/mol. The Morgan fingerprint density at radius 2 is 1.62 bits per heavy atom. The van der Waals surface area contributed by atoms with Crippen LogP contribution < -0.4 is 39.0 Å². The van der Waals surface area contributed by atoms with E-state index in [0.717, 1.165) is 5.56 Å². The van der Waals surface area contributed by atoms with Gasteiger partial charge in [-0.25, -0.2) is 0 Å². The van der Waals surface area contributed by atoms with Gasteiger partial charge in [0.15, 0.2) is 10.6 Å². The van der Waals surface area contributed by atoms with E-state index < -0.39 is 10.1 Å². The van der Waals surface area contributed by atoms with Gasteiger partial charge in [-0.3, -0.25) is 4.55 Å². The number of hydrogen-bond donors (Lipinski definition) is 1. The van der Waals surface area contributed by atoms with Crippen molar-refractivity contribution in [2.75, 3.05) is 14.2 Å². The largest absolute Gasteiger partial charge is 1.00 e. The Bertz CT molecular complexity index is 720. The molecule has 0 spiro atoms. The first-order chi connectivity index (χ1) is 9.49. The Hall–Kier alpha value is -1.05. The fourth-order valence-electron chi connectivity index (χ4n) is 2.00. The molecule has 0 saturated heterocycles. The van der Waals surface area contributed by atoms with E-state index in [9.17, 15) is 13.0 Å². The molecule has 0 fully saturated rings. The predicted molar refractivity (Wildman–Crippen MR) is 75.9 cm³/mol. The molecule has 0 unspecified atom stereocenters. The third-order valence-electron chi connectivity index (χ3n) is 2.84. The van der Waals surface area contributed by atoms with Gasteiger partial charge in [0.25, 0.3) is 0 Å². The van der Waals surface area contributed by atoms with Crippen LogP contribution in [0.2, 0.25) is 0 Å². The summed E-state index contributed by atoms with van der Waals surface area (Å²) in [6.45, 7) is 0. The minimum atomic E-state index is -4.47. The maximum absolute atomic E-state index is 11.6. The van der Waals surface area contributed by atoms with E-state index in [1.807, 2.05) is 30.3 Å². The molecule has 0 atom stereocenters. The van der Waals surface area contributed by atoms with Crippen LogP contribution in [0.1, 0.15) is 1.43 Å². The standard InChI is InChI=1S/C14H14O5S.Na.H/c1-18-12-9-8-11(10-6-4-3-5-7-10)13(19-2)14(12)20(15,16)17;;/h3-9H,1-2H3,(H,15,16,17);;/q;+1;-1. The fourth-order valence-corrected chi connectivity index (χ4v) is 2.83. The molecule has 0 bridgehead atoms. The van der Waals surface area contributed by atoms with Crippen LogP contribution in [0.3, 0.4) is 0 Å². The van der Waals surface area contributed by atoms with Crippen molar-refractivity contribution in [2.45, 2.75) is 4.90 Å². The molecule has 1 N–H and O–H groups in total. The number of hydrogen-bond acceptors (Lipinski definition) is 4. The summed E-state index contributed by atoms with van der Waals surface area (Å²) in [6.07, 6.45) is 0. The molecule has 2 rings (SSSR count). The molecule has 0 aliphatic rings. The number of ether oxygens (including phenoxy) is 2. The molecule has 0 radical (unpaired) electrons. The summed E-state index contributed by atoms with van der Waals surface area (Å²) >= 11 is 0. The van der Waals surface area contributed by atoms with Crippen molar-refractivity contribution in [3.05, 3.63) is 42.5 Å². The zero-order chi connectivity index (χ0) is 14.8. The minimum absolute atomic E-state index is 0. The summed E-state index contributed by atoms with van der Waals surface area (Å²) in [7, 11) is -1.80. The van der Waals surface area contributed by atoms with Crippen LogP contribution in [-0.2, 0) is 10.1 Å². The molecule has 21 heavy (non-hydrogen) atoms. The number of methoxy groups -OCH3 is 2. The molecular formula is C14H15NaO5S. The molecule has 0 heterocycles. The second kappa shape index (κ2) is 7.29. The minimum Gasteiger partial charge on any atom is -1.00 e. The average molecular weight is 318 g/mol. The molecule has 5 nitrogen and oxygen atoms in total. The first kappa shape index (κ1) is 18.0. The quantitative estimate of drug-likeness (QED) is 0.621. The summed E-state index contributed by atoms with van der Waals surface area (Å²) in [5.74, 6) is 0.0853. The molecule has 0 amide bonds. The van der Waals surface area contributed by atoms with Gasteiger partial charge in [-0.1, -0.05) is 30.3 Å². The van der Waals surface area contributed by atoms with Crippen molar-refractivity contribution in [1.82, 2.24) is 0 Å². The van der Waals surface area contributed by atoms with Crippen LogP contribution >= 0.6 is 0 Å². The predicted octanol–water partition coefficient (Wildman–Crippen LogP) is -0.266. The van der Waals surface area contributed by atoms with Crippen LogP contribution in [0.15, 0.2) is 47.4 Å². The maximum atomic E-state index is 11.6. The Morgan fingerprint density at radius 1 is 1.00 bits per heavy atom. The first-order valence-electron chi connectivity index (χ1n) is 5.77. The van der Waals surface area contributed by atoms with Gasteiger partial charge in [-0.15, -0.1) is 0 Å². The van der Waals surface area contributed by atoms with E-state index in [1.165, 1.54) is 20.3 Å². The Kier molecular flexibility index (Phi) is 6.24. The first-order valence-corrected chi connectivity index (χ1v) is 7.21. The van der Waals surface area contributed by atoms with Crippen molar-refractivity contribution in [2.24, 2.45) is 0 Å².